The number of halogens is 1. The Labute approximate surface area is 154 Å². The zero-order valence-corrected chi connectivity index (χ0v) is 15.4. The second-order valence-electron chi connectivity index (χ2n) is 5.44. The van der Waals surface area contributed by atoms with E-state index < -0.39 is 11.7 Å². The van der Waals surface area contributed by atoms with Gasteiger partial charge in [0.2, 0.25) is 0 Å². The standard InChI is InChI=1S/C19H19FN2O3S/c1-3-25-12-11-22-17-15(24-2)9-6-10-16(17)26-19(22)21-18(23)13-7-4-5-8-14(13)20/h4-10H,3,11-12H2,1-2H3. The molecule has 0 unspecified atom stereocenters. The van der Waals surface area contributed by atoms with Crippen LogP contribution in [0, 0.1) is 5.82 Å². The van der Waals surface area contributed by atoms with Crippen LogP contribution in [0.25, 0.3) is 10.2 Å². The summed E-state index contributed by atoms with van der Waals surface area (Å²) in [5.41, 5.74) is 0.799. The monoisotopic (exact) mass is 374 g/mol. The van der Waals surface area contributed by atoms with Crippen LogP contribution in [0.5, 0.6) is 5.75 Å². The predicted octanol–water partition coefficient (Wildman–Crippen LogP) is 3.63. The van der Waals surface area contributed by atoms with Crippen LogP contribution in [0.1, 0.15) is 17.3 Å². The molecule has 3 aromatic rings. The van der Waals surface area contributed by atoms with Gasteiger partial charge in [-0.25, -0.2) is 4.39 Å². The third-order valence-electron chi connectivity index (χ3n) is 3.85. The Morgan fingerprint density at radius 1 is 1.23 bits per heavy atom. The molecule has 0 aliphatic heterocycles. The van der Waals surface area contributed by atoms with E-state index in [0.29, 0.717) is 30.3 Å². The van der Waals surface area contributed by atoms with Crippen LogP contribution in [-0.2, 0) is 11.3 Å². The lowest BCUT2D eigenvalue weighted by Crippen LogP contribution is -2.20. The van der Waals surface area contributed by atoms with Gasteiger partial charge in [0.05, 0.1) is 24.0 Å². The van der Waals surface area contributed by atoms with Crippen molar-refractivity contribution in [3.8, 4) is 5.75 Å². The Hall–Kier alpha value is -2.51. The maximum Gasteiger partial charge on any atom is 0.282 e. The van der Waals surface area contributed by atoms with Gasteiger partial charge >= 0.3 is 0 Å². The van der Waals surface area contributed by atoms with Gasteiger partial charge in [-0.05, 0) is 31.2 Å². The number of nitrogens with zero attached hydrogens (tertiary/aromatic N) is 2. The highest BCUT2D eigenvalue weighted by molar-refractivity contribution is 7.16. The van der Waals surface area contributed by atoms with Crippen LogP contribution in [0.2, 0.25) is 0 Å². The van der Waals surface area contributed by atoms with Gasteiger partial charge in [0.1, 0.15) is 17.1 Å². The molecule has 0 fully saturated rings. The maximum absolute atomic E-state index is 13.9. The highest BCUT2D eigenvalue weighted by atomic mass is 32.1. The summed E-state index contributed by atoms with van der Waals surface area (Å²) in [4.78, 5) is 17.1. The summed E-state index contributed by atoms with van der Waals surface area (Å²) in [5.74, 6) is -0.505. The molecule has 0 aliphatic carbocycles. The minimum Gasteiger partial charge on any atom is -0.495 e. The molecule has 0 saturated carbocycles. The lowest BCUT2D eigenvalue weighted by Gasteiger charge is -2.08. The fourth-order valence-electron chi connectivity index (χ4n) is 2.64. The average Bonchev–Trinajstić information content (AvgIpc) is 2.99. The van der Waals surface area contributed by atoms with E-state index in [1.165, 1.54) is 23.5 Å². The van der Waals surface area contributed by atoms with E-state index in [0.717, 1.165) is 10.2 Å². The third kappa shape index (κ3) is 3.68. The van der Waals surface area contributed by atoms with Crippen molar-refractivity contribution in [3.63, 3.8) is 0 Å². The molecule has 0 N–H and O–H groups in total. The molecule has 1 heterocycles. The van der Waals surface area contributed by atoms with Gasteiger partial charge in [0, 0.05) is 13.2 Å². The fourth-order valence-corrected chi connectivity index (χ4v) is 3.71. The number of amides is 1. The second kappa shape index (κ2) is 8.25. The van der Waals surface area contributed by atoms with E-state index in [4.69, 9.17) is 9.47 Å². The first kappa shape index (κ1) is 18.3. The van der Waals surface area contributed by atoms with Crippen molar-refractivity contribution in [2.45, 2.75) is 13.5 Å². The number of hydrogen-bond donors (Lipinski definition) is 0. The molecule has 7 heteroatoms. The summed E-state index contributed by atoms with van der Waals surface area (Å²) >= 11 is 1.36. The molecule has 2 aromatic carbocycles. The van der Waals surface area contributed by atoms with E-state index in [1.54, 1.807) is 19.2 Å². The molecular formula is C19H19FN2O3S. The number of carbonyl (C=O) groups is 1. The van der Waals surface area contributed by atoms with Gasteiger partial charge in [0.25, 0.3) is 5.91 Å². The molecule has 0 radical (unpaired) electrons. The smallest absolute Gasteiger partial charge is 0.282 e. The summed E-state index contributed by atoms with van der Waals surface area (Å²) in [6, 6.07) is 11.5. The molecule has 3 rings (SSSR count). The van der Waals surface area contributed by atoms with Gasteiger partial charge in [-0.3, -0.25) is 4.79 Å². The van der Waals surface area contributed by atoms with E-state index in [9.17, 15) is 9.18 Å². The fraction of sp³-hybridized carbons (Fsp3) is 0.263. The number of carbonyl (C=O) groups excluding carboxylic acids is 1. The minimum absolute atomic E-state index is 0.0479. The topological polar surface area (TPSA) is 52.8 Å². The Bertz CT molecular complexity index is 994. The number of hydrogen-bond acceptors (Lipinski definition) is 4. The summed E-state index contributed by atoms with van der Waals surface area (Å²) in [7, 11) is 1.60. The molecule has 1 aromatic heterocycles. The second-order valence-corrected chi connectivity index (χ2v) is 6.45. The van der Waals surface area contributed by atoms with Crippen molar-refractivity contribution in [1.29, 1.82) is 0 Å². The van der Waals surface area contributed by atoms with Gasteiger partial charge in [-0.1, -0.05) is 29.5 Å². The molecule has 26 heavy (non-hydrogen) atoms. The molecule has 0 aliphatic rings. The minimum atomic E-state index is -0.612. The van der Waals surface area contributed by atoms with E-state index >= 15 is 0 Å². The van der Waals surface area contributed by atoms with E-state index in [-0.39, 0.29) is 5.56 Å². The van der Waals surface area contributed by atoms with Crippen LogP contribution in [-0.4, -0.2) is 30.8 Å². The first-order valence-corrected chi connectivity index (χ1v) is 9.05. The van der Waals surface area contributed by atoms with Crippen molar-refractivity contribution < 1.29 is 18.7 Å². The molecule has 5 nitrogen and oxygen atoms in total. The van der Waals surface area contributed by atoms with Gasteiger partial charge in [-0.2, -0.15) is 4.99 Å². The first-order valence-electron chi connectivity index (χ1n) is 8.23. The molecule has 0 spiro atoms. The third-order valence-corrected chi connectivity index (χ3v) is 4.89. The van der Waals surface area contributed by atoms with Crippen LogP contribution in [0.15, 0.2) is 47.5 Å². The number of aromatic nitrogens is 1. The maximum atomic E-state index is 13.9. The molecule has 0 bridgehead atoms. The van der Waals surface area contributed by atoms with Gasteiger partial charge in [0.15, 0.2) is 4.80 Å². The Morgan fingerprint density at radius 3 is 2.77 bits per heavy atom. The summed E-state index contributed by atoms with van der Waals surface area (Å²) in [6.45, 7) is 3.50. The number of benzene rings is 2. The summed E-state index contributed by atoms with van der Waals surface area (Å²) < 4.78 is 27.6. The molecule has 0 atom stereocenters. The number of thiazole rings is 1. The molecular weight excluding hydrogens is 355 g/mol. The summed E-state index contributed by atoms with van der Waals surface area (Å²) in [5, 5.41) is 0. The highest BCUT2D eigenvalue weighted by Crippen LogP contribution is 2.27. The van der Waals surface area contributed by atoms with Gasteiger partial charge < -0.3 is 14.0 Å². The van der Waals surface area contributed by atoms with Crippen molar-refractivity contribution >= 4 is 27.5 Å². The quantitative estimate of drug-likeness (QED) is 0.619. The van der Waals surface area contributed by atoms with E-state index in [1.807, 2.05) is 29.7 Å². The molecule has 1 amide bonds. The largest absolute Gasteiger partial charge is 0.495 e. The number of ether oxygens (including phenoxy) is 2. The van der Waals surface area contributed by atoms with Crippen molar-refractivity contribution in [3.05, 3.63) is 58.6 Å². The lowest BCUT2D eigenvalue weighted by molar-refractivity contribution is 0.0993. The van der Waals surface area contributed by atoms with Crippen LogP contribution >= 0.6 is 11.3 Å². The van der Waals surface area contributed by atoms with Crippen molar-refractivity contribution in [1.82, 2.24) is 4.57 Å². The molecule has 0 saturated heterocycles. The van der Waals surface area contributed by atoms with Gasteiger partial charge in [-0.15, -0.1) is 0 Å². The Morgan fingerprint density at radius 2 is 2.04 bits per heavy atom. The zero-order valence-electron chi connectivity index (χ0n) is 14.6. The number of rotatable bonds is 6. The van der Waals surface area contributed by atoms with Crippen LogP contribution in [0.3, 0.4) is 0 Å². The molecule has 136 valence electrons. The summed E-state index contributed by atoms with van der Waals surface area (Å²) in [6.07, 6.45) is 0. The number of methoxy groups -OCH3 is 1. The SMILES string of the molecule is CCOCCn1c(=NC(=O)c2ccccc2F)sc2cccc(OC)c21. The highest BCUT2D eigenvalue weighted by Gasteiger charge is 2.14. The van der Waals surface area contributed by atoms with Crippen molar-refractivity contribution in [2.24, 2.45) is 4.99 Å². The number of para-hydroxylation sites is 1. The van der Waals surface area contributed by atoms with Crippen LogP contribution in [0.4, 0.5) is 4.39 Å². The van der Waals surface area contributed by atoms with E-state index in [2.05, 4.69) is 4.99 Å². The predicted molar refractivity (Wildman–Crippen MR) is 99.2 cm³/mol. The lowest BCUT2D eigenvalue weighted by atomic mass is 10.2. The Balaban J connectivity index is 2.13. The van der Waals surface area contributed by atoms with Crippen molar-refractivity contribution in [2.75, 3.05) is 20.3 Å². The zero-order chi connectivity index (χ0) is 18.5. The first-order chi connectivity index (χ1) is 12.7. The Kier molecular flexibility index (Phi) is 5.80. The normalized spacial score (nSPS) is 11.9. The average molecular weight is 374 g/mol. The number of fused-ring (bicyclic) bond motifs is 1. The van der Waals surface area contributed by atoms with Crippen LogP contribution < -0.4 is 9.54 Å².